The van der Waals surface area contributed by atoms with E-state index in [2.05, 4.69) is 17.4 Å². The summed E-state index contributed by atoms with van der Waals surface area (Å²) in [5.74, 6) is -0.335. The van der Waals surface area contributed by atoms with Crippen molar-refractivity contribution in [3.8, 4) is 11.8 Å². The van der Waals surface area contributed by atoms with Gasteiger partial charge >= 0.3 is 0 Å². The average molecular weight is 319 g/mol. The Hall–Kier alpha value is -3.26. The zero-order chi connectivity index (χ0) is 16.9. The summed E-state index contributed by atoms with van der Waals surface area (Å²) >= 11 is 0. The predicted octanol–water partition coefficient (Wildman–Crippen LogP) is 2.80. The minimum absolute atomic E-state index is 0.0578. The molecule has 0 fully saturated rings. The maximum Gasteiger partial charge on any atom is 0.267 e. The van der Waals surface area contributed by atoms with Crippen LogP contribution in [0.15, 0.2) is 60.3 Å². The summed E-state index contributed by atoms with van der Waals surface area (Å²) in [6.45, 7) is 1.46. The Labute approximate surface area is 140 Å². The molecule has 1 aliphatic rings. The molecule has 5 nitrogen and oxygen atoms in total. The third-order valence-corrected chi connectivity index (χ3v) is 3.96. The fourth-order valence-electron chi connectivity index (χ4n) is 2.69. The molecular weight excluding hydrogens is 302 g/mol. The van der Waals surface area contributed by atoms with Crippen molar-refractivity contribution >= 4 is 11.6 Å². The normalized spacial score (nSPS) is 13.8. The molecule has 24 heavy (non-hydrogen) atoms. The molecule has 1 heterocycles. The first-order chi connectivity index (χ1) is 11.7. The number of amides is 1. The van der Waals surface area contributed by atoms with Gasteiger partial charge in [0.1, 0.15) is 17.4 Å². The Morgan fingerprint density at radius 2 is 1.88 bits per heavy atom. The van der Waals surface area contributed by atoms with Crippen LogP contribution in [0.4, 0.5) is 5.69 Å². The van der Waals surface area contributed by atoms with Gasteiger partial charge in [-0.15, -0.1) is 0 Å². The van der Waals surface area contributed by atoms with Crippen molar-refractivity contribution in [1.82, 2.24) is 4.90 Å². The Bertz CT molecular complexity index is 819. The first-order valence-corrected chi connectivity index (χ1v) is 7.69. The lowest BCUT2D eigenvalue weighted by Gasteiger charge is -2.27. The minimum Gasteiger partial charge on any atom is -0.508 e. The predicted molar refractivity (Wildman–Crippen MR) is 91.0 cm³/mol. The van der Waals surface area contributed by atoms with Crippen LogP contribution >= 0.6 is 0 Å². The second-order valence-electron chi connectivity index (χ2n) is 5.64. The summed E-state index contributed by atoms with van der Waals surface area (Å²) in [4.78, 5) is 14.2. The molecule has 0 bridgehead atoms. The molecule has 2 aromatic carbocycles. The summed E-state index contributed by atoms with van der Waals surface area (Å²) < 4.78 is 0. The molecule has 0 spiro atoms. The lowest BCUT2D eigenvalue weighted by molar-refractivity contribution is -0.112. The van der Waals surface area contributed by atoms with E-state index in [1.807, 2.05) is 23.1 Å². The summed E-state index contributed by atoms with van der Waals surface area (Å²) in [6.07, 6.45) is 2.51. The van der Waals surface area contributed by atoms with Crippen LogP contribution in [0.2, 0.25) is 0 Å². The molecule has 5 heteroatoms. The van der Waals surface area contributed by atoms with Crippen LogP contribution in [0, 0.1) is 11.3 Å². The second-order valence-corrected chi connectivity index (χ2v) is 5.64. The molecule has 2 N–H and O–H groups in total. The van der Waals surface area contributed by atoms with Crippen LogP contribution in [0.1, 0.15) is 11.1 Å². The quantitative estimate of drug-likeness (QED) is 0.518. The van der Waals surface area contributed by atoms with Gasteiger partial charge in [0.25, 0.3) is 5.91 Å². The maximum absolute atomic E-state index is 12.3. The summed E-state index contributed by atoms with van der Waals surface area (Å²) in [7, 11) is 0. The number of nitrogens with zero attached hydrogens (tertiary/aromatic N) is 2. The number of fused-ring (bicyclic) bond motifs is 1. The van der Waals surface area contributed by atoms with Crippen LogP contribution in [-0.2, 0) is 17.8 Å². The van der Waals surface area contributed by atoms with Gasteiger partial charge in [-0.2, -0.15) is 5.26 Å². The molecule has 0 radical (unpaired) electrons. The van der Waals surface area contributed by atoms with E-state index < -0.39 is 5.91 Å². The molecule has 1 aliphatic heterocycles. The maximum atomic E-state index is 12.3. The van der Waals surface area contributed by atoms with Crippen molar-refractivity contribution in [2.24, 2.45) is 0 Å². The summed E-state index contributed by atoms with van der Waals surface area (Å²) in [5.41, 5.74) is 3.12. The Kier molecular flexibility index (Phi) is 4.48. The topological polar surface area (TPSA) is 76.4 Å². The van der Waals surface area contributed by atoms with Gasteiger partial charge in [0, 0.05) is 25.0 Å². The van der Waals surface area contributed by atoms with Crippen LogP contribution in [0.3, 0.4) is 0 Å². The molecule has 1 amide bonds. The molecule has 0 atom stereocenters. The fraction of sp³-hybridized carbons (Fsp3) is 0.158. The van der Waals surface area contributed by atoms with Crippen molar-refractivity contribution in [3.05, 3.63) is 71.4 Å². The molecule has 120 valence electrons. The van der Waals surface area contributed by atoms with Crippen molar-refractivity contribution in [3.63, 3.8) is 0 Å². The first-order valence-electron chi connectivity index (χ1n) is 7.69. The van der Waals surface area contributed by atoms with E-state index in [1.165, 1.54) is 23.3 Å². The lowest BCUT2D eigenvalue weighted by Crippen LogP contribution is -2.27. The third kappa shape index (κ3) is 3.55. The summed E-state index contributed by atoms with van der Waals surface area (Å²) in [5, 5.41) is 21.2. The van der Waals surface area contributed by atoms with Crippen molar-refractivity contribution in [2.45, 2.75) is 13.0 Å². The number of aromatic hydroxyl groups is 1. The molecule has 0 aliphatic carbocycles. The van der Waals surface area contributed by atoms with Gasteiger partial charge in [-0.1, -0.05) is 24.3 Å². The van der Waals surface area contributed by atoms with E-state index in [1.54, 1.807) is 18.3 Å². The summed E-state index contributed by atoms with van der Waals surface area (Å²) in [6, 6.07) is 16.3. The Morgan fingerprint density at radius 3 is 2.58 bits per heavy atom. The van der Waals surface area contributed by atoms with Gasteiger partial charge in [-0.3, -0.25) is 4.79 Å². The van der Waals surface area contributed by atoms with Gasteiger partial charge in [0.2, 0.25) is 0 Å². The standard InChI is InChI=1S/C19H17N3O2/c20-11-16(19(24)21-17-5-7-18(23)8-6-17)13-22-10-9-14-3-1-2-4-15(14)12-22/h1-8,13,23H,9-10,12H2,(H,21,24)/b16-13-. The lowest BCUT2D eigenvalue weighted by atomic mass is 10.0. The second kappa shape index (κ2) is 6.88. The third-order valence-electron chi connectivity index (χ3n) is 3.96. The molecule has 2 aromatic rings. The first kappa shape index (κ1) is 15.6. The van der Waals surface area contributed by atoms with E-state index in [0.717, 1.165) is 13.0 Å². The van der Waals surface area contributed by atoms with E-state index in [4.69, 9.17) is 0 Å². The molecule has 0 unspecified atom stereocenters. The van der Waals surface area contributed by atoms with Gasteiger partial charge in [-0.05, 0) is 41.8 Å². The number of hydrogen-bond acceptors (Lipinski definition) is 4. The highest BCUT2D eigenvalue weighted by molar-refractivity contribution is 6.06. The number of carbonyl (C=O) groups is 1. The monoisotopic (exact) mass is 319 g/mol. The number of phenolic OH excluding ortho intramolecular Hbond substituents is 1. The Morgan fingerprint density at radius 1 is 1.17 bits per heavy atom. The van der Waals surface area contributed by atoms with Gasteiger partial charge in [-0.25, -0.2) is 0 Å². The van der Waals surface area contributed by atoms with Crippen LogP contribution < -0.4 is 5.32 Å². The van der Waals surface area contributed by atoms with Crippen molar-refractivity contribution in [1.29, 1.82) is 5.26 Å². The minimum atomic E-state index is -0.456. The fourth-order valence-corrected chi connectivity index (χ4v) is 2.69. The highest BCUT2D eigenvalue weighted by Gasteiger charge is 2.16. The zero-order valence-electron chi connectivity index (χ0n) is 13.1. The van der Waals surface area contributed by atoms with Gasteiger partial charge < -0.3 is 15.3 Å². The van der Waals surface area contributed by atoms with Crippen molar-refractivity contribution in [2.75, 3.05) is 11.9 Å². The van der Waals surface area contributed by atoms with Crippen LogP contribution in [0.25, 0.3) is 0 Å². The number of hydrogen-bond donors (Lipinski definition) is 2. The molecular formula is C19H17N3O2. The molecule has 0 aromatic heterocycles. The molecule has 3 rings (SSSR count). The van der Waals surface area contributed by atoms with E-state index in [-0.39, 0.29) is 11.3 Å². The van der Waals surface area contributed by atoms with E-state index >= 15 is 0 Å². The van der Waals surface area contributed by atoms with Gasteiger partial charge in [0.15, 0.2) is 0 Å². The number of benzene rings is 2. The van der Waals surface area contributed by atoms with Crippen molar-refractivity contribution < 1.29 is 9.90 Å². The number of nitriles is 1. The largest absolute Gasteiger partial charge is 0.508 e. The SMILES string of the molecule is N#C/C(=C/N1CCc2ccccc2C1)C(=O)Nc1ccc(O)cc1. The highest BCUT2D eigenvalue weighted by Crippen LogP contribution is 2.20. The van der Waals surface area contributed by atoms with E-state index in [0.29, 0.717) is 12.2 Å². The number of anilines is 1. The number of rotatable bonds is 3. The van der Waals surface area contributed by atoms with E-state index in [9.17, 15) is 15.2 Å². The molecule has 0 saturated carbocycles. The number of phenols is 1. The van der Waals surface area contributed by atoms with Crippen LogP contribution in [0.5, 0.6) is 5.75 Å². The molecule has 0 saturated heterocycles. The smallest absolute Gasteiger partial charge is 0.267 e. The Balaban J connectivity index is 1.72. The number of carbonyl (C=O) groups excluding carboxylic acids is 1. The average Bonchev–Trinajstić information content (AvgIpc) is 2.61. The highest BCUT2D eigenvalue weighted by atomic mass is 16.3. The zero-order valence-corrected chi connectivity index (χ0v) is 13.1. The number of nitrogens with one attached hydrogen (secondary N) is 1. The van der Waals surface area contributed by atoms with Crippen LogP contribution in [-0.4, -0.2) is 22.5 Å². The van der Waals surface area contributed by atoms with Gasteiger partial charge in [0.05, 0.1) is 0 Å².